The molecule has 1 unspecified atom stereocenters. The molecule has 0 bridgehead atoms. The standard InChI is InChI=1S/C22H44O3/c23-18-14-21-13-11-9-7-5-3-1-2-4-6-8-10-12-15-22(21,16-19-24)17-20-25/h21,23-25H,1-20H2. The van der Waals surface area contributed by atoms with E-state index in [0.29, 0.717) is 5.92 Å². The van der Waals surface area contributed by atoms with E-state index >= 15 is 0 Å². The molecular formula is C22H44O3. The summed E-state index contributed by atoms with van der Waals surface area (Å²) in [5.74, 6) is 0.435. The minimum absolute atomic E-state index is 0.0172. The van der Waals surface area contributed by atoms with E-state index in [9.17, 15) is 15.3 Å². The molecular weight excluding hydrogens is 312 g/mol. The van der Waals surface area contributed by atoms with Crippen molar-refractivity contribution < 1.29 is 15.3 Å². The van der Waals surface area contributed by atoms with Crippen LogP contribution in [0.15, 0.2) is 0 Å². The van der Waals surface area contributed by atoms with Gasteiger partial charge in [0.05, 0.1) is 0 Å². The summed E-state index contributed by atoms with van der Waals surface area (Å²) >= 11 is 0. The topological polar surface area (TPSA) is 60.7 Å². The highest BCUT2D eigenvalue weighted by molar-refractivity contribution is 4.86. The third-order valence-electron chi connectivity index (χ3n) is 6.54. The van der Waals surface area contributed by atoms with E-state index in [-0.39, 0.29) is 25.2 Å². The Balaban J connectivity index is 2.74. The summed E-state index contributed by atoms with van der Waals surface area (Å²) in [6, 6.07) is 0. The van der Waals surface area contributed by atoms with Crippen LogP contribution in [0.5, 0.6) is 0 Å². The predicted octanol–water partition coefficient (Wildman–Crippen LogP) is 5.21. The quantitative estimate of drug-likeness (QED) is 0.612. The van der Waals surface area contributed by atoms with Gasteiger partial charge in [0.15, 0.2) is 0 Å². The molecule has 3 heteroatoms. The molecule has 0 aliphatic heterocycles. The van der Waals surface area contributed by atoms with Gasteiger partial charge >= 0.3 is 0 Å². The molecule has 1 saturated carbocycles. The average Bonchev–Trinajstić information content (AvgIpc) is 2.60. The molecule has 3 nitrogen and oxygen atoms in total. The van der Waals surface area contributed by atoms with Crippen molar-refractivity contribution in [2.24, 2.45) is 11.3 Å². The molecule has 1 rings (SSSR count). The smallest absolute Gasteiger partial charge is 0.0436 e. The van der Waals surface area contributed by atoms with Gasteiger partial charge in [0, 0.05) is 19.8 Å². The molecule has 0 saturated heterocycles. The average molecular weight is 357 g/mol. The van der Waals surface area contributed by atoms with Crippen LogP contribution < -0.4 is 0 Å². The van der Waals surface area contributed by atoms with Gasteiger partial charge in [-0.2, -0.15) is 0 Å². The zero-order chi connectivity index (χ0) is 18.2. The molecule has 150 valence electrons. The molecule has 1 atom stereocenters. The second-order valence-corrected chi connectivity index (χ2v) is 8.30. The van der Waals surface area contributed by atoms with Crippen molar-refractivity contribution in [3.8, 4) is 0 Å². The van der Waals surface area contributed by atoms with Crippen LogP contribution in [-0.2, 0) is 0 Å². The van der Waals surface area contributed by atoms with Gasteiger partial charge in [-0.15, -0.1) is 0 Å². The molecule has 0 aromatic heterocycles. The second kappa shape index (κ2) is 15.0. The summed E-state index contributed by atoms with van der Waals surface area (Å²) in [7, 11) is 0. The van der Waals surface area contributed by atoms with Gasteiger partial charge < -0.3 is 15.3 Å². The van der Waals surface area contributed by atoms with Crippen LogP contribution in [0.1, 0.15) is 109 Å². The third kappa shape index (κ3) is 9.40. The van der Waals surface area contributed by atoms with E-state index in [1.807, 2.05) is 0 Å². The van der Waals surface area contributed by atoms with Gasteiger partial charge in [0.25, 0.3) is 0 Å². The lowest BCUT2D eigenvalue weighted by Crippen LogP contribution is -2.34. The Morgan fingerprint density at radius 1 is 0.560 bits per heavy atom. The first-order valence-electron chi connectivity index (χ1n) is 11.1. The summed E-state index contributed by atoms with van der Waals surface area (Å²) in [6.07, 6.45) is 20.5. The van der Waals surface area contributed by atoms with Crippen molar-refractivity contribution in [2.45, 2.75) is 109 Å². The van der Waals surface area contributed by atoms with Gasteiger partial charge in [0.1, 0.15) is 0 Å². The maximum Gasteiger partial charge on any atom is 0.0436 e. The Hall–Kier alpha value is -0.120. The van der Waals surface area contributed by atoms with Crippen molar-refractivity contribution in [1.82, 2.24) is 0 Å². The van der Waals surface area contributed by atoms with Crippen LogP contribution in [-0.4, -0.2) is 35.1 Å². The van der Waals surface area contributed by atoms with Gasteiger partial charge in [0.2, 0.25) is 0 Å². The zero-order valence-electron chi connectivity index (χ0n) is 16.6. The van der Waals surface area contributed by atoms with E-state index in [2.05, 4.69) is 0 Å². The normalized spacial score (nSPS) is 24.8. The van der Waals surface area contributed by atoms with E-state index in [4.69, 9.17) is 0 Å². The molecule has 0 spiro atoms. The van der Waals surface area contributed by atoms with Gasteiger partial charge in [-0.05, 0) is 43.4 Å². The van der Waals surface area contributed by atoms with Gasteiger partial charge in [-0.25, -0.2) is 0 Å². The molecule has 25 heavy (non-hydrogen) atoms. The van der Waals surface area contributed by atoms with Crippen LogP contribution >= 0.6 is 0 Å². The number of rotatable bonds is 6. The Labute approximate surface area is 156 Å². The number of hydrogen-bond donors (Lipinski definition) is 3. The molecule has 1 fully saturated rings. The first kappa shape index (κ1) is 22.9. The summed E-state index contributed by atoms with van der Waals surface area (Å²) in [4.78, 5) is 0. The van der Waals surface area contributed by atoms with Gasteiger partial charge in [-0.1, -0.05) is 77.0 Å². The molecule has 0 amide bonds. The molecule has 0 heterocycles. The lowest BCUT2D eigenvalue weighted by Gasteiger charge is -2.41. The SMILES string of the molecule is OCCC1CCCCCCCCCCCCCCC1(CCO)CCO. The Bertz CT molecular complexity index is 287. The van der Waals surface area contributed by atoms with Crippen molar-refractivity contribution >= 4 is 0 Å². The molecule has 0 aromatic carbocycles. The number of hydrogen-bond acceptors (Lipinski definition) is 3. The van der Waals surface area contributed by atoms with Crippen molar-refractivity contribution in [1.29, 1.82) is 0 Å². The summed E-state index contributed by atoms with van der Waals surface area (Å²) in [5, 5.41) is 29.0. The molecule has 0 radical (unpaired) electrons. The van der Waals surface area contributed by atoms with Crippen LogP contribution in [0.2, 0.25) is 0 Å². The molecule has 3 N–H and O–H groups in total. The second-order valence-electron chi connectivity index (χ2n) is 8.30. The lowest BCUT2D eigenvalue weighted by molar-refractivity contribution is 0.0382. The van der Waals surface area contributed by atoms with E-state index < -0.39 is 0 Å². The Kier molecular flexibility index (Phi) is 13.7. The van der Waals surface area contributed by atoms with Gasteiger partial charge in [-0.3, -0.25) is 0 Å². The fourth-order valence-corrected chi connectivity index (χ4v) is 4.98. The fraction of sp³-hybridized carbons (Fsp3) is 1.00. The maximum absolute atomic E-state index is 9.69. The highest BCUT2D eigenvalue weighted by Gasteiger charge is 2.36. The van der Waals surface area contributed by atoms with Crippen LogP contribution in [0.4, 0.5) is 0 Å². The minimum atomic E-state index is 0.0172. The highest BCUT2D eigenvalue weighted by Crippen LogP contribution is 2.44. The highest BCUT2D eigenvalue weighted by atomic mass is 16.3. The summed E-state index contributed by atoms with van der Waals surface area (Å²) in [6.45, 7) is 0.618. The monoisotopic (exact) mass is 356 g/mol. The van der Waals surface area contributed by atoms with Crippen molar-refractivity contribution in [3.63, 3.8) is 0 Å². The number of aliphatic hydroxyl groups is 3. The molecule has 1 aliphatic carbocycles. The van der Waals surface area contributed by atoms with Crippen LogP contribution in [0, 0.1) is 11.3 Å². The lowest BCUT2D eigenvalue weighted by atomic mass is 9.65. The number of aliphatic hydroxyl groups excluding tert-OH is 3. The minimum Gasteiger partial charge on any atom is -0.396 e. The van der Waals surface area contributed by atoms with E-state index in [1.165, 1.54) is 77.0 Å². The molecule has 1 aliphatic rings. The Morgan fingerprint density at radius 2 is 1.00 bits per heavy atom. The van der Waals surface area contributed by atoms with Crippen molar-refractivity contribution in [3.05, 3.63) is 0 Å². The maximum atomic E-state index is 9.69. The van der Waals surface area contributed by atoms with Crippen molar-refractivity contribution in [2.75, 3.05) is 19.8 Å². The zero-order valence-corrected chi connectivity index (χ0v) is 16.6. The van der Waals surface area contributed by atoms with Crippen LogP contribution in [0.3, 0.4) is 0 Å². The van der Waals surface area contributed by atoms with E-state index in [1.54, 1.807) is 0 Å². The predicted molar refractivity (Wildman–Crippen MR) is 106 cm³/mol. The largest absolute Gasteiger partial charge is 0.396 e. The van der Waals surface area contributed by atoms with Crippen LogP contribution in [0.25, 0.3) is 0 Å². The third-order valence-corrected chi connectivity index (χ3v) is 6.54. The first-order valence-corrected chi connectivity index (χ1v) is 11.1. The Morgan fingerprint density at radius 3 is 1.44 bits per heavy atom. The van der Waals surface area contributed by atoms with E-state index in [0.717, 1.165) is 32.1 Å². The summed E-state index contributed by atoms with van der Waals surface area (Å²) < 4.78 is 0. The molecule has 0 aromatic rings. The summed E-state index contributed by atoms with van der Waals surface area (Å²) in [5.41, 5.74) is 0.0172. The first-order chi connectivity index (χ1) is 12.3. The fourth-order valence-electron chi connectivity index (χ4n) is 4.98.